The summed E-state index contributed by atoms with van der Waals surface area (Å²) in [5.74, 6) is -0.984. The zero-order chi connectivity index (χ0) is 13.8. The van der Waals surface area contributed by atoms with Crippen LogP contribution in [0.5, 0.6) is 0 Å². The Morgan fingerprint density at radius 1 is 0.833 bits per heavy atom. The van der Waals surface area contributed by atoms with Gasteiger partial charge in [0.15, 0.2) is 12.3 Å². The normalized spacial score (nSPS) is 27.1. The summed E-state index contributed by atoms with van der Waals surface area (Å²) in [5.41, 5.74) is 0. The molecule has 2 saturated heterocycles. The van der Waals surface area contributed by atoms with Crippen LogP contribution < -0.4 is 0 Å². The van der Waals surface area contributed by atoms with Crippen molar-refractivity contribution in [3.8, 4) is 0 Å². The number of likely N-dealkylation sites (N-methyl/N-ethyl adjacent to an activating group) is 2. The number of amides is 6. The van der Waals surface area contributed by atoms with Gasteiger partial charge < -0.3 is 9.80 Å². The lowest BCUT2D eigenvalue weighted by Gasteiger charge is -2.23. The molecule has 0 N–H and O–H groups in total. The first kappa shape index (κ1) is 12.3. The molecule has 0 aromatic heterocycles. The average molecular weight is 254 g/mol. The van der Waals surface area contributed by atoms with Gasteiger partial charge in [0.1, 0.15) is 0 Å². The minimum Gasteiger partial charge on any atom is -0.303 e. The van der Waals surface area contributed by atoms with Gasteiger partial charge in [0, 0.05) is 27.9 Å². The summed E-state index contributed by atoms with van der Waals surface area (Å²) in [7, 11) is 2.99. The Hall–Kier alpha value is -2.12. The molecule has 8 heteroatoms. The van der Waals surface area contributed by atoms with Crippen LogP contribution in [-0.2, 0) is 9.59 Å². The van der Waals surface area contributed by atoms with Crippen molar-refractivity contribution in [3.05, 3.63) is 0 Å². The number of urea groups is 2. The Labute approximate surface area is 104 Å². The van der Waals surface area contributed by atoms with Crippen molar-refractivity contribution < 1.29 is 19.2 Å². The highest BCUT2D eigenvalue weighted by Crippen LogP contribution is 2.33. The van der Waals surface area contributed by atoms with Crippen LogP contribution in [0.3, 0.4) is 0 Å². The zero-order valence-corrected chi connectivity index (χ0v) is 10.6. The number of rotatable bonds is 0. The summed E-state index contributed by atoms with van der Waals surface area (Å²) < 4.78 is 0. The third-order valence-corrected chi connectivity index (χ3v) is 3.28. The van der Waals surface area contributed by atoms with Crippen molar-refractivity contribution in [2.24, 2.45) is 0 Å². The van der Waals surface area contributed by atoms with Crippen LogP contribution >= 0.6 is 0 Å². The molecule has 18 heavy (non-hydrogen) atoms. The van der Waals surface area contributed by atoms with Crippen LogP contribution in [0.4, 0.5) is 9.59 Å². The molecule has 2 aliphatic heterocycles. The van der Waals surface area contributed by atoms with Crippen molar-refractivity contribution in [1.29, 1.82) is 0 Å². The first-order valence-electron chi connectivity index (χ1n) is 5.42. The van der Waals surface area contributed by atoms with E-state index < -0.39 is 30.2 Å². The molecule has 98 valence electrons. The first-order chi connectivity index (χ1) is 8.29. The third-order valence-electron chi connectivity index (χ3n) is 3.28. The Kier molecular flexibility index (Phi) is 2.53. The van der Waals surface area contributed by atoms with Gasteiger partial charge in [-0.25, -0.2) is 19.4 Å². The monoisotopic (exact) mass is 254 g/mol. The van der Waals surface area contributed by atoms with Crippen molar-refractivity contribution >= 4 is 23.9 Å². The predicted molar refractivity (Wildman–Crippen MR) is 58.9 cm³/mol. The van der Waals surface area contributed by atoms with Crippen LogP contribution in [0.25, 0.3) is 0 Å². The number of carbonyl (C=O) groups is 4. The maximum absolute atomic E-state index is 12.0. The van der Waals surface area contributed by atoms with Gasteiger partial charge in [-0.2, -0.15) is 0 Å². The summed E-state index contributed by atoms with van der Waals surface area (Å²) in [6, 6.07) is -1.02. The third kappa shape index (κ3) is 1.31. The number of fused-ring (bicyclic) bond motifs is 1. The van der Waals surface area contributed by atoms with E-state index in [0.717, 1.165) is 9.80 Å². The molecule has 0 aromatic carbocycles. The molecule has 2 unspecified atom stereocenters. The SMILES string of the molecule is CC(=O)N1C(=O)N(C(C)=O)C2C1N(C)C(=O)N2C. The lowest BCUT2D eigenvalue weighted by atomic mass is 10.3. The lowest BCUT2D eigenvalue weighted by Crippen LogP contribution is -2.47. The number of carbonyl (C=O) groups excluding carboxylic acids is 4. The van der Waals surface area contributed by atoms with Gasteiger partial charge in [0.25, 0.3) is 0 Å². The maximum Gasteiger partial charge on any atom is 0.337 e. The van der Waals surface area contributed by atoms with E-state index in [1.165, 1.54) is 37.7 Å². The fraction of sp³-hybridized carbons (Fsp3) is 0.600. The van der Waals surface area contributed by atoms with Crippen molar-refractivity contribution in [2.75, 3.05) is 14.1 Å². The van der Waals surface area contributed by atoms with E-state index in [1.54, 1.807) is 0 Å². The molecule has 0 radical (unpaired) electrons. The van der Waals surface area contributed by atoms with Crippen LogP contribution in [0.1, 0.15) is 13.8 Å². The molecule has 2 heterocycles. The van der Waals surface area contributed by atoms with E-state index in [0.29, 0.717) is 0 Å². The molecule has 8 nitrogen and oxygen atoms in total. The smallest absolute Gasteiger partial charge is 0.303 e. The van der Waals surface area contributed by atoms with Gasteiger partial charge in [0.05, 0.1) is 0 Å². The van der Waals surface area contributed by atoms with E-state index >= 15 is 0 Å². The van der Waals surface area contributed by atoms with Gasteiger partial charge >= 0.3 is 12.1 Å². The van der Waals surface area contributed by atoms with Crippen molar-refractivity contribution in [1.82, 2.24) is 19.6 Å². The quantitative estimate of drug-likeness (QED) is 0.581. The van der Waals surface area contributed by atoms with Gasteiger partial charge in [-0.15, -0.1) is 0 Å². The molecule has 0 saturated carbocycles. The highest BCUT2D eigenvalue weighted by Gasteiger charge is 2.59. The van der Waals surface area contributed by atoms with E-state index in [1.807, 2.05) is 0 Å². The van der Waals surface area contributed by atoms with E-state index in [-0.39, 0.29) is 6.03 Å². The molecule has 0 aliphatic carbocycles. The Bertz CT molecular complexity index is 425. The van der Waals surface area contributed by atoms with Crippen LogP contribution in [0, 0.1) is 0 Å². The second kappa shape index (κ2) is 3.69. The molecule has 2 rings (SSSR count). The number of hydrogen-bond acceptors (Lipinski definition) is 4. The van der Waals surface area contributed by atoms with E-state index in [2.05, 4.69) is 0 Å². The van der Waals surface area contributed by atoms with Gasteiger partial charge in [-0.05, 0) is 0 Å². The summed E-state index contributed by atoms with van der Waals surface area (Å²) in [5, 5.41) is 0. The zero-order valence-electron chi connectivity index (χ0n) is 10.6. The predicted octanol–water partition coefficient (Wildman–Crippen LogP) is -0.534. The van der Waals surface area contributed by atoms with Crippen LogP contribution in [0.2, 0.25) is 0 Å². The van der Waals surface area contributed by atoms with Gasteiger partial charge in [-0.3, -0.25) is 9.59 Å². The highest BCUT2D eigenvalue weighted by molar-refractivity contribution is 6.05. The second-order valence-electron chi connectivity index (χ2n) is 4.39. The summed E-state index contributed by atoms with van der Waals surface area (Å²) >= 11 is 0. The molecular formula is C10H14N4O4. The fourth-order valence-corrected chi connectivity index (χ4v) is 2.47. The van der Waals surface area contributed by atoms with Crippen molar-refractivity contribution in [2.45, 2.75) is 26.2 Å². The number of hydrogen-bond donors (Lipinski definition) is 0. The Morgan fingerprint density at radius 3 is 1.44 bits per heavy atom. The highest BCUT2D eigenvalue weighted by atomic mass is 16.2. The van der Waals surface area contributed by atoms with Gasteiger partial charge in [0.2, 0.25) is 11.8 Å². The second-order valence-corrected chi connectivity index (χ2v) is 4.39. The molecule has 0 spiro atoms. The minimum atomic E-state index is -0.753. The summed E-state index contributed by atoms with van der Waals surface area (Å²) in [4.78, 5) is 51.4. The fourth-order valence-electron chi connectivity index (χ4n) is 2.47. The molecule has 0 aromatic rings. The molecule has 2 fully saturated rings. The molecule has 2 atom stereocenters. The molecule has 2 aliphatic rings. The average Bonchev–Trinajstić information content (AvgIpc) is 2.68. The Balaban J connectivity index is 2.51. The number of imide groups is 2. The standard InChI is InChI=1S/C10H14N4O4/c1-5(15)13-7-8(12(4)9(17)11(7)3)14(6(2)16)10(13)18/h7-8H,1-4H3. The van der Waals surface area contributed by atoms with Crippen molar-refractivity contribution in [3.63, 3.8) is 0 Å². The molecule has 6 amide bonds. The number of nitrogens with zero attached hydrogens (tertiary/aromatic N) is 4. The molecule has 0 bridgehead atoms. The molecular weight excluding hydrogens is 240 g/mol. The summed E-state index contributed by atoms with van der Waals surface area (Å²) in [6.45, 7) is 2.46. The van der Waals surface area contributed by atoms with Crippen LogP contribution in [0.15, 0.2) is 0 Å². The first-order valence-corrected chi connectivity index (χ1v) is 5.42. The lowest BCUT2D eigenvalue weighted by molar-refractivity contribution is -0.129. The Morgan fingerprint density at radius 2 is 1.17 bits per heavy atom. The van der Waals surface area contributed by atoms with E-state index in [9.17, 15) is 19.2 Å². The van der Waals surface area contributed by atoms with E-state index in [4.69, 9.17) is 0 Å². The minimum absolute atomic E-state index is 0.338. The largest absolute Gasteiger partial charge is 0.337 e. The topological polar surface area (TPSA) is 81.2 Å². The van der Waals surface area contributed by atoms with Gasteiger partial charge in [-0.1, -0.05) is 0 Å². The van der Waals surface area contributed by atoms with Crippen LogP contribution in [-0.4, -0.2) is 69.9 Å². The maximum atomic E-state index is 12.0. The summed E-state index contributed by atoms with van der Waals surface area (Å²) in [6.07, 6.45) is -1.51.